The summed E-state index contributed by atoms with van der Waals surface area (Å²) in [6.45, 7) is 0.366. The predicted octanol–water partition coefficient (Wildman–Crippen LogP) is 4.77. The van der Waals surface area contributed by atoms with E-state index in [0.717, 1.165) is 21.7 Å². The van der Waals surface area contributed by atoms with Crippen molar-refractivity contribution in [1.82, 2.24) is 4.98 Å². The fraction of sp³-hybridized carbons (Fsp3) is 0.133. The Balaban J connectivity index is 2.23. The quantitative estimate of drug-likeness (QED) is 0.301. The van der Waals surface area contributed by atoms with Gasteiger partial charge in [0.15, 0.2) is 0 Å². The highest BCUT2D eigenvalue weighted by atomic mass is 35.5. The highest BCUT2D eigenvalue weighted by Crippen LogP contribution is 2.29. The molecule has 21 heavy (non-hydrogen) atoms. The third-order valence-corrected chi connectivity index (χ3v) is 3.73. The number of hydrogen-bond donors (Lipinski definition) is 0. The van der Waals surface area contributed by atoms with Crippen LogP contribution < -0.4 is 5.01 Å². The molecular formula is C15H11Cl2N3O. The third kappa shape index (κ3) is 2.64. The van der Waals surface area contributed by atoms with Gasteiger partial charge in [-0.3, -0.25) is 4.98 Å². The summed E-state index contributed by atoms with van der Waals surface area (Å²) in [6.07, 6.45) is 1.79. The Morgan fingerprint density at radius 3 is 2.76 bits per heavy atom. The van der Waals surface area contributed by atoms with Crippen molar-refractivity contribution in [3.63, 3.8) is 0 Å². The first kappa shape index (κ1) is 14.0. The SMILES string of the molecule is O=NN(CCCl)c1ccc2cnc3cc(Cl)ccc3c2c1. The van der Waals surface area contributed by atoms with E-state index in [0.29, 0.717) is 23.1 Å². The molecule has 3 aromatic rings. The van der Waals surface area contributed by atoms with Crippen LogP contribution in [0.4, 0.5) is 5.69 Å². The number of fused-ring (bicyclic) bond motifs is 3. The normalized spacial score (nSPS) is 11.0. The number of aromatic nitrogens is 1. The van der Waals surface area contributed by atoms with Crippen LogP contribution in [0, 0.1) is 4.91 Å². The molecule has 3 rings (SSSR count). The zero-order valence-corrected chi connectivity index (χ0v) is 12.5. The summed E-state index contributed by atoms with van der Waals surface area (Å²) in [5, 5.41) is 7.97. The van der Waals surface area contributed by atoms with Crippen LogP contribution in [-0.2, 0) is 0 Å². The summed E-state index contributed by atoms with van der Waals surface area (Å²) >= 11 is 11.7. The average Bonchev–Trinajstić information content (AvgIpc) is 2.51. The minimum Gasteiger partial charge on any atom is -0.256 e. The van der Waals surface area contributed by atoms with Gasteiger partial charge in [-0.2, -0.15) is 0 Å². The Morgan fingerprint density at radius 2 is 2.00 bits per heavy atom. The fourth-order valence-electron chi connectivity index (χ4n) is 2.33. The maximum Gasteiger partial charge on any atom is 0.0723 e. The second-order valence-corrected chi connectivity index (χ2v) is 5.40. The molecule has 0 unspecified atom stereocenters. The number of nitroso groups, excluding NO2 is 1. The Hall–Kier alpha value is -1.91. The lowest BCUT2D eigenvalue weighted by atomic mass is 10.1. The van der Waals surface area contributed by atoms with E-state index in [1.165, 1.54) is 5.01 Å². The van der Waals surface area contributed by atoms with E-state index in [4.69, 9.17) is 23.2 Å². The van der Waals surface area contributed by atoms with Crippen molar-refractivity contribution in [2.75, 3.05) is 17.4 Å². The number of nitrogens with zero attached hydrogens (tertiary/aromatic N) is 3. The maximum absolute atomic E-state index is 10.9. The molecule has 0 atom stereocenters. The van der Waals surface area contributed by atoms with Gasteiger partial charge < -0.3 is 0 Å². The van der Waals surface area contributed by atoms with Crippen LogP contribution in [-0.4, -0.2) is 17.4 Å². The molecular weight excluding hydrogens is 309 g/mol. The van der Waals surface area contributed by atoms with E-state index in [9.17, 15) is 4.91 Å². The molecule has 0 bridgehead atoms. The van der Waals surface area contributed by atoms with Crippen LogP contribution in [0.2, 0.25) is 5.02 Å². The molecule has 0 saturated carbocycles. The van der Waals surface area contributed by atoms with E-state index >= 15 is 0 Å². The van der Waals surface area contributed by atoms with Gasteiger partial charge in [-0.25, -0.2) is 5.01 Å². The van der Waals surface area contributed by atoms with Gasteiger partial charge in [0.05, 0.1) is 23.0 Å². The molecule has 0 N–H and O–H groups in total. The number of rotatable bonds is 4. The fourth-order valence-corrected chi connectivity index (χ4v) is 2.65. The molecule has 0 fully saturated rings. The van der Waals surface area contributed by atoms with Gasteiger partial charge in [0.25, 0.3) is 0 Å². The molecule has 6 heteroatoms. The number of benzene rings is 2. The number of halogens is 2. The van der Waals surface area contributed by atoms with Crippen molar-refractivity contribution < 1.29 is 0 Å². The minimum atomic E-state index is 0.330. The summed E-state index contributed by atoms with van der Waals surface area (Å²) in [6, 6.07) is 11.2. The van der Waals surface area contributed by atoms with Gasteiger partial charge in [-0.1, -0.05) is 23.7 Å². The molecule has 0 saturated heterocycles. The summed E-state index contributed by atoms with van der Waals surface area (Å²) in [4.78, 5) is 15.3. The predicted molar refractivity (Wildman–Crippen MR) is 88.1 cm³/mol. The highest BCUT2D eigenvalue weighted by molar-refractivity contribution is 6.31. The van der Waals surface area contributed by atoms with Crippen molar-refractivity contribution in [2.24, 2.45) is 5.29 Å². The first-order valence-corrected chi connectivity index (χ1v) is 7.29. The van der Waals surface area contributed by atoms with E-state index in [1.54, 1.807) is 6.20 Å². The lowest BCUT2D eigenvalue weighted by molar-refractivity contribution is 0.890. The Bertz CT molecular complexity index is 822. The van der Waals surface area contributed by atoms with Crippen LogP contribution in [0.15, 0.2) is 47.9 Å². The van der Waals surface area contributed by atoms with E-state index in [-0.39, 0.29) is 0 Å². The smallest absolute Gasteiger partial charge is 0.0723 e. The zero-order valence-electron chi connectivity index (χ0n) is 11.0. The second kappa shape index (κ2) is 5.84. The van der Waals surface area contributed by atoms with Gasteiger partial charge in [0, 0.05) is 27.9 Å². The Morgan fingerprint density at radius 1 is 1.14 bits per heavy atom. The Kier molecular flexibility index (Phi) is 3.90. The van der Waals surface area contributed by atoms with Crippen molar-refractivity contribution in [3.05, 3.63) is 52.5 Å². The maximum atomic E-state index is 10.9. The second-order valence-electron chi connectivity index (χ2n) is 4.58. The highest BCUT2D eigenvalue weighted by Gasteiger charge is 2.09. The van der Waals surface area contributed by atoms with Crippen LogP contribution in [0.25, 0.3) is 21.7 Å². The third-order valence-electron chi connectivity index (χ3n) is 3.32. The molecule has 0 radical (unpaired) electrons. The van der Waals surface area contributed by atoms with Crippen molar-refractivity contribution in [2.45, 2.75) is 0 Å². The largest absolute Gasteiger partial charge is 0.256 e. The van der Waals surface area contributed by atoms with E-state index < -0.39 is 0 Å². The monoisotopic (exact) mass is 319 g/mol. The molecule has 0 aliphatic carbocycles. The first-order chi connectivity index (χ1) is 10.2. The summed E-state index contributed by atoms with van der Waals surface area (Å²) in [5.74, 6) is 0.330. The summed E-state index contributed by atoms with van der Waals surface area (Å²) < 4.78 is 0. The van der Waals surface area contributed by atoms with Crippen LogP contribution in [0.1, 0.15) is 0 Å². The number of pyridine rings is 1. The lowest BCUT2D eigenvalue weighted by Crippen LogP contribution is -2.17. The molecule has 1 aromatic heterocycles. The van der Waals surface area contributed by atoms with Crippen molar-refractivity contribution in [1.29, 1.82) is 0 Å². The van der Waals surface area contributed by atoms with Crippen LogP contribution in [0.5, 0.6) is 0 Å². The minimum absolute atomic E-state index is 0.330. The van der Waals surface area contributed by atoms with E-state index in [2.05, 4.69) is 10.3 Å². The number of anilines is 1. The molecule has 2 aromatic carbocycles. The molecule has 106 valence electrons. The molecule has 0 spiro atoms. The molecule has 0 aliphatic heterocycles. The summed E-state index contributed by atoms with van der Waals surface area (Å²) in [5.41, 5.74) is 1.52. The van der Waals surface area contributed by atoms with Gasteiger partial charge in [-0.15, -0.1) is 16.5 Å². The van der Waals surface area contributed by atoms with E-state index in [1.807, 2.05) is 36.4 Å². The van der Waals surface area contributed by atoms with Crippen LogP contribution in [0.3, 0.4) is 0 Å². The molecule has 1 heterocycles. The van der Waals surface area contributed by atoms with Crippen LogP contribution >= 0.6 is 23.2 Å². The lowest BCUT2D eigenvalue weighted by Gasteiger charge is -2.14. The van der Waals surface area contributed by atoms with Crippen molar-refractivity contribution >= 4 is 50.6 Å². The van der Waals surface area contributed by atoms with Gasteiger partial charge in [-0.05, 0) is 29.7 Å². The molecule has 0 aliphatic rings. The average molecular weight is 320 g/mol. The zero-order chi connectivity index (χ0) is 14.8. The summed E-state index contributed by atoms with van der Waals surface area (Å²) in [7, 11) is 0. The molecule has 0 amide bonds. The first-order valence-electron chi connectivity index (χ1n) is 6.38. The van der Waals surface area contributed by atoms with Gasteiger partial charge in [0.1, 0.15) is 0 Å². The van der Waals surface area contributed by atoms with Gasteiger partial charge >= 0.3 is 0 Å². The van der Waals surface area contributed by atoms with Gasteiger partial charge in [0.2, 0.25) is 0 Å². The topological polar surface area (TPSA) is 45.6 Å². The number of hydrogen-bond acceptors (Lipinski definition) is 3. The number of alkyl halides is 1. The standard InChI is InChI=1S/C15H11Cl2N3O/c16-5-6-20(19-21)12-3-1-10-9-18-15-7-11(17)2-4-13(15)14(10)8-12/h1-4,7-9H,5-6H2. The van der Waals surface area contributed by atoms with Crippen molar-refractivity contribution in [3.8, 4) is 0 Å². The molecule has 4 nitrogen and oxygen atoms in total. The Labute approximate surface area is 131 Å².